The molecule has 1 aromatic carbocycles. The third-order valence-electron chi connectivity index (χ3n) is 2.19. The molecule has 1 unspecified atom stereocenters. The number of hydrogen-bond donors (Lipinski definition) is 0. The second-order valence-corrected chi connectivity index (χ2v) is 3.51. The quantitative estimate of drug-likeness (QED) is 0.499. The Morgan fingerprint density at radius 3 is 2.71 bits per heavy atom. The first-order valence-corrected chi connectivity index (χ1v) is 4.96. The summed E-state index contributed by atoms with van der Waals surface area (Å²) in [7, 11) is 2.97. The van der Waals surface area contributed by atoms with Crippen LogP contribution in [0.5, 0.6) is 0 Å². The van der Waals surface area contributed by atoms with E-state index in [1.807, 2.05) is 19.1 Å². The van der Waals surface area contributed by atoms with E-state index in [1.165, 1.54) is 11.1 Å². The van der Waals surface area contributed by atoms with Crippen LogP contribution in [-0.2, 0) is 4.43 Å². The van der Waals surface area contributed by atoms with Crippen LogP contribution in [0.15, 0.2) is 18.2 Å². The smallest absolute Gasteiger partial charge is 0.248 e. The van der Waals surface area contributed by atoms with Crippen molar-refractivity contribution in [1.29, 1.82) is 0 Å². The van der Waals surface area contributed by atoms with Crippen molar-refractivity contribution in [2.45, 2.75) is 26.9 Å². The summed E-state index contributed by atoms with van der Waals surface area (Å²) in [6, 6.07) is 6.13. The third-order valence-corrected chi connectivity index (χ3v) is 2.55. The first-order chi connectivity index (χ1) is 6.65. The molecule has 14 heavy (non-hydrogen) atoms. The van der Waals surface area contributed by atoms with Crippen molar-refractivity contribution in [3.05, 3.63) is 34.9 Å². The second kappa shape index (κ2) is 4.99. The lowest BCUT2D eigenvalue weighted by molar-refractivity contribution is 0.307. The van der Waals surface area contributed by atoms with Gasteiger partial charge in [0.2, 0.25) is 10.5 Å². The Kier molecular flexibility index (Phi) is 3.93. The van der Waals surface area contributed by atoms with E-state index in [-0.39, 0.29) is 6.10 Å². The van der Waals surface area contributed by atoms with Gasteiger partial charge in [0.25, 0.3) is 0 Å². The van der Waals surface area contributed by atoms with Crippen molar-refractivity contribution in [2.24, 2.45) is 0 Å². The van der Waals surface area contributed by atoms with E-state index < -0.39 is 0 Å². The van der Waals surface area contributed by atoms with Crippen molar-refractivity contribution < 1.29 is 4.43 Å². The Labute approximate surface area is 89.0 Å². The Hall–Kier alpha value is -1.04. The minimum Gasteiger partial charge on any atom is -0.405 e. The van der Waals surface area contributed by atoms with E-state index in [1.54, 1.807) is 0 Å². The average molecular weight is 201 g/mol. The average Bonchev–Trinajstić information content (AvgIpc) is 2.20. The lowest BCUT2D eigenvalue weighted by atomic mass is 10.0. The standard InChI is InChI=1S/C12H13OSi/c1-9-5-4-6-12(11(9)3)8-7-10(2)13-14/h4-6,10H,1-3H3. The maximum Gasteiger partial charge on any atom is 0.248 e. The van der Waals surface area contributed by atoms with Crippen LogP contribution in [0.25, 0.3) is 0 Å². The van der Waals surface area contributed by atoms with Gasteiger partial charge in [0.1, 0.15) is 6.10 Å². The van der Waals surface area contributed by atoms with Crippen LogP contribution in [0.2, 0.25) is 0 Å². The fourth-order valence-electron chi connectivity index (χ4n) is 1.10. The monoisotopic (exact) mass is 201 g/mol. The highest BCUT2D eigenvalue weighted by Gasteiger charge is 1.97. The molecule has 0 aliphatic carbocycles. The van der Waals surface area contributed by atoms with E-state index in [4.69, 9.17) is 4.43 Å². The maximum absolute atomic E-state index is 4.87. The summed E-state index contributed by atoms with van der Waals surface area (Å²) in [5.74, 6) is 6.09. The molecule has 0 N–H and O–H groups in total. The van der Waals surface area contributed by atoms with Crippen LogP contribution in [0.3, 0.4) is 0 Å². The number of benzene rings is 1. The van der Waals surface area contributed by atoms with Gasteiger partial charge in [0.15, 0.2) is 0 Å². The maximum atomic E-state index is 4.87. The van der Waals surface area contributed by atoms with E-state index >= 15 is 0 Å². The van der Waals surface area contributed by atoms with Crippen LogP contribution in [0.1, 0.15) is 23.6 Å². The molecule has 1 nitrogen and oxygen atoms in total. The van der Waals surface area contributed by atoms with Crippen LogP contribution >= 0.6 is 0 Å². The molecule has 0 saturated carbocycles. The van der Waals surface area contributed by atoms with Crippen LogP contribution < -0.4 is 0 Å². The molecule has 1 atom stereocenters. The zero-order valence-electron chi connectivity index (χ0n) is 8.72. The summed E-state index contributed by atoms with van der Waals surface area (Å²) in [5, 5.41) is 0. The Bertz CT molecular complexity index is 374. The number of hydrogen-bond acceptors (Lipinski definition) is 1. The molecule has 0 aromatic heterocycles. The number of rotatable bonds is 1. The molecule has 3 radical (unpaired) electrons. The summed E-state index contributed by atoms with van der Waals surface area (Å²) in [5.41, 5.74) is 3.57. The van der Waals surface area contributed by atoms with E-state index in [9.17, 15) is 0 Å². The fourth-order valence-corrected chi connectivity index (χ4v) is 1.15. The number of aryl methyl sites for hydroxylation is 1. The zero-order chi connectivity index (χ0) is 10.6. The summed E-state index contributed by atoms with van der Waals surface area (Å²) >= 11 is 0. The van der Waals surface area contributed by atoms with E-state index in [0.29, 0.717) is 0 Å². The minimum absolute atomic E-state index is 0.0911. The predicted octanol–water partition coefficient (Wildman–Crippen LogP) is 2.14. The minimum atomic E-state index is -0.0911. The van der Waals surface area contributed by atoms with Crippen LogP contribution in [0, 0.1) is 25.7 Å². The molecule has 1 aromatic rings. The lowest BCUT2D eigenvalue weighted by Crippen LogP contribution is -2.01. The molecule has 2 heteroatoms. The van der Waals surface area contributed by atoms with Crippen molar-refractivity contribution in [2.75, 3.05) is 0 Å². The van der Waals surface area contributed by atoms with Gasteiger partial charge in [-0.05, 0) is 38.0 Å². The van der Waals surface area contributed by atoms with Gasteiger partial charge in [-0.1, -0.05) is 24.0 Å². The summed E-state index contributed by atoms with van der Waals surface area (Å²) < 4.78 is 4.87. The third kappa shape index (κ3) is 2.73. The Morgan fingerprint density at radius 2 is 2.07 bits per heavy atom. The van der Waals surface area contributed by atoms with Crippen molar-refractivity contribution in [3.63, 3.8) is 0 Å². The SMILES string of the molecule is Cc1cccc(C#CC(C)O[Si])c1C. The summed E-state index contributed by atoms with van der Waals surface area (Å²) in [6.07, 6.45) is -0.0911. The molecule has 0 aliphatic heterocycles. The molecule has 71 valence electrons. The Morgan fingerprint density at radius 1 is 1.36 bits per heavy atom. The molecule has 0 spiro atoms. The van der Waals surface area contributed by atoms with Crippen molar-refractivity contribution in [3.8, 4) is 11.8 Å². The highest BCUT2D eigenvalue weighted by molar-refractivity contribution is 5.98. The summed E-state index contributed by atoms with van der Waals surface area (Å²) in [6.45, 7) is 6.06. The van der Waals surface area contributed by atoms with Gasteiger partial charge in [-0.3, -0.25) is 0 Å². The predicted molar refractivity (Wildman–Crippen MR) is 59.1 cm³/mol. The van der Waals surface area contributed by atoms with Gasteiger partial charge in [-0.15, -0.1) is 0 Å². The van der Waals surface area contributed by atoms with Crippen molar-refractivity contribution in [1.82, 2.24) is 0 Å². The summed E-state index contributed by atoms with van der Waals surface area (Å²) in [4.78, 5) is 0. The molecular weight excluding hydrogens is 188 g/mol. The van der Waals surface area contributed by atoms with Gasteiger partial charge in [-0.25, -0.2) is 0 Å². The zero-order valence-corrected chi connectivity index (χ0v) is 9.72. The lowest BCUT2D eigenvalue weighted by Gasteiger charge is -2.02. The van der Waals surface area contributed by atoms with Gasteiger partial charge < -0.3 is 4.43 Å². The molecular formula is C12H13OSi. The molecule has 0 bridgehead atoms. The van der Waals surface area contributed by atoms with E-state index in [0.717, 1.165) is 5.56 Å². The molecule has 0 amide bonds. The highest BCUT2D eigenvalue weighted by Crippen LogP contribution is 2.11. The largest absolute Gasteiger partial charge is 0.405 e. The molecule has 0 fully saturated rings. The first-order valence-electron chi connectivity index (χ1n) is 4.55. The topological polar surface area (TPSA) is 9.23 Å². The van der Waals surface area contributed by atoms with Crippen LogP contribution in [0.4, 0.5) is 0 Å². The Balaban J connectivity index is 2.95. The fraction of sp³-hybridized carbons (Fsp3) is 0.333. The normalized spacial score (nSPS) is 11.7. The van der Waals surface area contributed by atoms with Crippen molar-refractivity contribution >= 4 is 10.5 Å². The van der Waals surface area contributed by atoms with Crippen LogP contribution in [-0.4, -0.2) is 16.6 Å². The van der Waals surface area contributed by atoms with Gasteiger partial charge in [-0.2, -0.15) is 0 Å². The molecule has 0 heterocycles. The molecule has 0 saturated heterocycles. The van der Waals surface area contributed by atoms with E-state index in [2.05, 4.69) is 42.2 Å². The molecule has 0 aliphatic rings. The molecule has 1 rings (SSSR count). The second-order valence-electron chi connectivity index (χ2n) is 3.28. The highest BCUT2D eigenvalue weighted by atomic mass is 28.2. The first kappa shape index (κ1) is 11.0. The van der Waals surface area contributed by atoms with Gasteiger partial charge in [0, 0.05) is 5.56 Å². The van der Waals surface area contributed by atoms with Gasteiger partial charge in [0.05, 0.1) is 0 Å². The van der Waals surface area contributed by atoms with Gasteiger partial charge >= 0.3 is 0 Å².